The van der Waals surface area contributed by atoms with Crippen molar-refractivity contribution < 1.29 is 4.74 Å². The largest absolute Gasteiger partial charge is 0.375 e. The summed E-state index contributed by atoms with van der Waals surface area (Å²) in [4.78, 5) is 2.55. The van der Waals surface area contributed by atoms with E-state index in [0.717, 1.165) is 32.7 Å². The van der Waals surface area contributed by atoms with Crippen molar-refractivity contribution in [2.45, 2.75) is 39.0 Å². The first-order chi connectivity index (χ1) is 10.8. The van der Waals surface area contributed by atoms with Crippen molar-refractivity contribution in [2.24, 2.45) is 0 Å². The Hall–Kier alpha value is -1.65. The van der Waals surface area contributed by atoms with Gasteiger partial charge in [0.25, 0.3) is 0 Å². The standard InChI is InChI=1S/C18H25N3O/c1-3-21-17(9-11-19-21)10-12-20-13-15(2)22-14-18(20)16-7-5-4-6-8-16/h4-9,11,15,18H,3,10,12-14H2,1-2H3. The summed E-state index contributed by atoms with van der Waals surface area (Å²) in [6.07, 6.45) is 3.23. The highest BCUT2D eigenvalue weighted by molar-refractivity contribution is 5.20. The molecule has 1 aromatic heterocycles. The second-order valence-electron chi connectivity index (χ2n) is 5.95. The molecule has 0 N–H and O–H groups in total. The van der Waals surface area contributed by atoms with Gasteiger partial charge in [0, 0.05) is 37.9 Å². The lowest BCUT2D eigenvalue weighted by Crippen LogP contribution is -2.44. The van der Waals surface area contributed by atoms with E-state index in [-0.39, 0.29) is 0 Å². The molecule has 1 aliphatic heterocycles. The van der Waals surface area contributed by atoms with Crippen LogP contribution in [0.25, 0.3) is 0 Å². The number of hydrogen-bond donors (Lipinski definition) is 0. The van der Waals surface area contributed by atoms with Gasteiger partial charge in [0.15, 0.2) is 0 Å². The molecule has 2 unspecified atom stereocenters. The topological polar surface area (TPSA) is 30.3 Å². The molecule has 0 saturated carbocycles. The van der Waals surface area contributed by atoms with E-state index in [1.807, 2.05) is 6.20 Å². The fourth-order valence-electron chi connectivity index (χ4n) is 3.22. The van der Waals surface area contributed by atoms with Gasteiger partial charge in [-0.3, -0.25) is 9.58 Å². The number of aryl methyl sites for hydroxylation is 1. The van der Waals surface area contributed by atoms with E-state index in [0.29, 0.717) is 12.1 Å². The van der Waals surface area contributed by atoms with Gasteiger partial charge in [-0.2, -0.15) is 5.10 Å². The molecule has 2 aromatic rings. The average Bonchev–Trinajstić information content (AvgIpc) is 3.01. The van der Waals surface area contributed by atoms with E-state index in [1.165, 1.54) is 11.3 Å². The number of benzene rings is 1. The highest BCUT2D eigenvalue weighted by Gasteiger charge is 2.27. The summed E-state index contributed by atoms with van der Waals surface area (Å²) in [5.41, 5.74) is 2.66. The van der Waals surface area contributed by atoms with Crippen LogP contribution >= 0.6 is 0 Å². The van der Waals surface area contributed by atoms with Gasteiger partial charge in [0.2, 0.25) is 0 Å². The van der Waals surface area contributed by atoms with E-state index >= 15 is 0 Å². The molecule has 1 saturated heterocycles. The maximum atomic E-state index is 5.90. The number of hydrogen-bond acceptors (Lipinski definition) is 3. The van der Waals surface area contributed by atoms with Gasteiger partial charge in [0.1, 0.15) is 0 Å². The van der Waals surface area contributed by atoms with Crippen molar-refractivity contribution in [3.05, 3.63) is 53.9 Å². The number of rotatable bonds is 5. The van der Waals surface area contributed by atoms with Crippen LogP contribution in [0.3, 0.4) is 0 Å². The van der Waals surface area contributed by atoms with E-state index in [9.17, 15) is 0 Å². The second-order valence-corrected chi connectivity index (χ2v) is 5.95. The summed E-state index contributed by atoms with van der Waals surface area (Å²) in [6, 6.07) is 13.2. The van der Waals surface area contributed by atoms with Gasteiger partial charge >= 0.3 is 0 Å². The van der Waals surface area contributed by atoms with Crippen LogP contribution in [-0.2, 0) is 17.7 Å². The van der Waals surface area contributed by atoms with Crippen molar-refractivity contribution >= 4 is 0 Å². The molecule has 1 aromatic carbocycles. The Morgan fingerprint density at radius 1 is 1.23 bits per heavy atom. The minimum Gasteiger partial charge on any atom is -0.375 e. The maximum Gasteiger partial charge on any atom is 0.0675 e. The van der Waals surface area contributed by atoms with Crippen molar-refractivity contribution in [1.82, 2.24) is 14.7 Å². The Balaban J connectivity index is 1.70. The SMILES string of the molecule is CCn1nccc1CCN1CC(C)OCC1c1ccccc1. The van der Waals surface area contributed by atoms with Crippen LogP contribution in [0, 0.1) is 0 Å². The summed E-state index contributed by atoms with van der Waals surface area (Å²) in [5, 5.41) is 4.36. The molecule has 3 rings (SSSR count). The van der Waals surface area contributed by atoms with Gasteiger partial charge < -0.3 is 4.74 Å². The number of nitrogens with zero attached hydrogens (tertiary/aromatic N) is 3. The number of morpholine rings is 1. The zero-order valence-corrected chi connectivity index (χ0v) is 13.5. The Bertz CT molecular complexity index is 581. The highest BCUT2D eigenvalue weighted by atomic mass is 16.5. The molecular formula is C18H25N3O. The molecule has 22 heavy (non-hydrogen) atoms. The first kappa shape index (κ1) is 15.3. The summed E-state index contributed by atoms with van der Waals surface area (Å²) in [5.74, 6) is 0. The Morgan fingerprint density at radius 2 is 2.05 bits per heavy atom. The molecule has 0 spiro atoms. The fraction of sp³-hybridized carbons (Fsp3) is 0.500. The molecule has 1 aliphatic rings. The molecule has 4 nitrogen and oxygen atoms in total. The van der Waals surface area contributed by atoms with Crippen molar-refractivity contribution in [2.75, 3.05) is 19.7 Å². The molecule has 0 bridgehead atoms. The highest BCUT2D eigenvalue weighted by Crippen LogP contribution is 2.26. The summed E-state index contributed by atoms with van der Waals surface area (Å²) < 4.78 is 7.98. The molecule has 0 aliphatic carbocycles. The maximum absolute atomic E-state index is 5.90. The normalized spacial score (nSPS) is 22.8. The predicted octanol–water partition coefficient (Wildman–Crippen LogP) is 2.91. The third-order valence-corrected chi connectivity index (χ3v) is 4.41. The van der Waals surface area contributed by atoms with Crippen LogP contribution in [0.2, 0.25) is 0 Å². The summed E-state index contributed by atoms with van der Waals surface area (Å²) in [6.45, 7) is 8.03. The predicted molar refractivity (Wildman–Crippen MR) is 87.8 cm³/mol. The van der Waals surface area contributed by atoms with Crippen LogP contribution in [-0.4, -0.2) is 40.5 Å². The van der Waals surface area contributed by atoms with Crippen LogP contribution < -0.4 is 0 Å². The average molecular weight is 299 g/mol. The number of aromatic nitrogens is 2. The van der Waals surface area contributed by atoms with E-state index in [2.05, 4.69) is 64.9 Å². The minimum atomic E-state index is 0.302. The van der Waals surface area contributed by atoms with E-state index in [1.54, 1.807) is 0 Å². The zero-order valence-electron chi connectivity index (χ0n) is 13.5. The quantitative estimate of drug-likeness (QED) is 0.850. The van der Waals surface area contributed by atoms with Crippen LogP contribution in [0.15, 0.2) is 42.6 Å². The lowest BCUT2D eigenvalue weighted by Gasteiger charge is -2.39. The molecule has 0 amide bonds. The van der Waals surface area contributed by atoms with Gasteiger partial charge in [-0.15, -0.1) is 0 Å². The van der Waals surface area contributed by atoms with Crippen molar-refractivity contribution in [3.8, 4) is 0 Å². The van der Waals surface area contributed by atoms with Gasteiger partial charge in [-0.1, -0.05) is 30.3 Å². The van der Waals surface area contributed by atoms with Crippen molar-refractivity contribution in [3.63, 3.8) is 0 Å². The van der Waals surface area contributed by atoms with Crippen LogP contribution in [0.4, 0.5) is 0 Å². The smallest absolute Gasteiger partial charge is 0.0675 e. The van der Waals surface area contributed by atoms with Crippen LogP contribution in [0.1, 0.15) is 31.1 Å². The fourth-order valence-corrected chi connectivity index (χ4v) is 3.22. The van der Waals surface area contributed by atoms with Crippen molar-refractivity contribution in [1.29, 1.82) is 0 Å². The monoisotopic (exact) mass is 299 g/mol. The molecular weight excluding hydrogens is 274 g/mol. The minimum absolute atomic E-state index is 0.302. The number of ether oxygens (including phenoxy) is 1. The summed E-state index contributed by atoms with van der Waals surface area (Å²) in [7, 11) is 0. The molecule has 0 radical (unpaired) electrons. The van der Waals surface area contributed by atoms with E-state index < -0.39 is 0 Å². The Kier molecular flexibility index (Phi) is 4.90. The lowest BCUT2D eigenvalue weighted by atomic mass is 10.0. The first-order valence-corrected chi connectivity index (χ1v) is 8.19. The molecule has 4 heteroatoms. The third-order valence-electron chi connectivity index (χ3n) is 4.41. The van der Waals surface area contributed by atoms with E-state index in [4.69, 9.17) is 4.74 Å². The first-order valence-electron chi connectivity index (χ1n) is 8.19. The molecule has 2 atom stereocenters. The van der Waals surface area contributed by atoms with Gasteiger partial charge in [0.05, 0.1) is 18.8 Å². The van der Waals surface area contributed by atoms with Gasteiger partial charge in [-0.25, -0.2) is 0 Å². The zero-order chi connectivity index (χ0) is 15.4. The summed E-state index contributed by atoms with van der Waals surface area (Å²) >= 11 is 0. The molecule has 118 valence electrons. The van der Waals surface area contributed by atoms with Crippen LogP contribution in [0.5, 0.6) is 0 Å². The lowest BCUT2D eigenvalue weighted by molar-refractivity contribution is -0.0559. The second kappa shape index (κ2) is 7.07. The third kappa shape index (κ3) is 3.39. The Labute approximate surface area is 132 Å². The Morgan fingerprint density at radius 3 is 2.82 bits per heavy atom. The molecule has 2 heterocycles. The van der Waals surface area contributed by atoms with Gasteiger partial charge in [-0.05, 0) is 25.5 Å². The molecule has 1 fully saturated rings.